The minimum Gasteiger partial charge on any atom is -0.326 e. The van der Waals surface area contributed by atoms with Gasteiger partial charge in [-0.1, -0.05) is 35.0 Å². The van der Waals surface area contributed by atoms with Crippen molar-refractivity contribution >= 4 is 15.9 Å². The first kappa shape index (κ1) is 15.7. The molecule has 0 radical (unpaired) electrons. The minimum atomic E-state index is -0.123. The van der Waals surface area contributed by atoms with E-state index < -0.39 is 0 Å². The zero-order valence-corrected chi connectivity index (χ0v) is 12.5. The van der Waals surface area contributed by atoms with Crippen LogP contribution in [-0.2, 0) is 0 Å². The van der Waals surface area contributed by atoms with Gasteiger partial charge in [-0.25, -0.2) is 0 Å². The number of rotatable bonds is 6. The summed E-state index contributed by atoms with van der Waals surface area (Å²) in [5.74, 6) is 0. The highest BCUT2D eigenvalue weighted by Gasteiger charge is 2.25. The minimum absolute atomic E-state index is 0.115. The summed E-state index contributed by atoms with van der Waals surface area (Å²) >= 11 is 3.44. The molecule has 2 atom stereocenters. The van der Waals surface area contributed by atoms with Crippen LogP contribution in [0.5, 0.6) is 0 Å². The first-order valence-electron chi connectivity index (χ1n) is 6.13. The van der Waals surface area contributed by atoms with E-state index in [4.69, 9.17) is 16.3 Å². The molecule has 0 bridgehead atoms. The van der Waals surface area contributed by atoms with E-state index in [0.29, 0.717) is 0 Å². The number of hydrogen-bond acceptors (Lipinski definition) is 4. The molecule has 0 fully saturated rings. The Morgan fingerprint density at radius 1 is 1.32 bits per heavy atom. The zero-order valence-electron chi connectivity index (χ0n) is 10.9. The van der Waals surface area contributed by atoms with Crippen LogP contribution in [0.25, 0.3) is 0 Å². The fourth-order valence-corrected chi connectivity index (χ4v) is 2.49. The number of nitrogens with zero attached hydrogens (tertiary/aromatic N) is 3. The Morgan fingerprint density at radius 2 is 1.95 bits per heavy atom. The van der Waals surface area contributed by atoms with Crippen LogP contribution in [-0.4, -0.2) is 24.0 Å². The summed E-state index contributed by atoms with van der Waals surface area (Å²) < 4.78 is 0.965. The van der Waals surface area contributed by atoms with Crippen LogP contribution >= 0.6 is 15.9 Å². The molecule has 0 aromatic heterocycles. The Bertz CT molecular complexity index is 473. The van der Waals surface area contributed by atoms with E-state index in [1.165, 1.54) is 0 Å². The molecule has 100 valence electrons. The molecule has 0 aliphatic rings. The molecule has 0 amide bonds. The monoisotopic (exact) mass is 320 g/mol. The van der Waals surface area contributed by atoms with Crippen molar-refractivity contribution in [3.05, 3.63) is 34.3 Å². The average Bonchev–Trinajstić information content (AvgIpc) is 2.39. The van der Waals surface area contributed by atoms with Crippen LogP contribution < -0.4 is 5.73 Å². The number of nitriles is 2. The molecule has 0 saturated carbocycles. The highest BCUT2D eigenvalue weighted by atomic mass is 79.9. The van der Waals surface area contributed by atoms with E-state index in [0.717, 1.165) is 16.5 Å². The van der Waals surface area contributed by atoms with E-state index >= 15 is 0 Å². The standard InChI is InChI=1S/C14H17BrN4/c1-2-13(18)14(19(8-6-16)9-7-17)11-4-3-5-12(15)10-11/h3-5,10,13-14H,2,8-9,18H2,1H3. The lowest BCUT2D eigenvalue weighted by molar-refractivity contribution is 0.212. The second-order valence-corrected chi connectivity index (χ2v) is 5.21. The maximum atomic E-state index is 8.92. The van der Waals surface area contributed by atoms with Crippen molar-refractivity contribution < 1.29 is 0 Å². The lowest BCUT2D eigenvalue weighted by atomic mass is 9.96. The third kappa shape index (κ3) is 4.33. The van der Waals surface area contributed by atoms with Crippen molar-refractivity contribution in [1.82, 2.24) is 4.90 Å². The Labute approximate surface area is 122 Å². The molecular formula is C14H17BrN4. The summed E-state index contributed by atoms with van der Waals surface area (Å²) in [6, 6.07) is 11.8. The van der Waals surface area contributed by atoms with E-state index in [1.807, 2.05) is 36.1 Å². The molecule has 2 N–H and O–H groups in total. The summed E-state index contributed by atoms with van der Waals surface area (Å²) in [6.07, 6.45) is 0.782. The summed E-state index contributed by atoms with van der Waals surface area (Å²) in [4.78, 5) is 1.82. The molecular weight excluding hydrogens is 304 g/mol. The number of hydrogen-bond donors (Lipinski definition) is 1. The normalized spacial score (nSPS) is 13.6. The smallest absolute Gasteiger partial charge is 0.0879 e. The molecule has 5 heteroatoms. The molecule has 0 aliphatic heterocycles. The highest BCUT2D eigenvalue weighted by molar-refractivity contribution is 9.10. The van der Waals surface area contributed by atoms with Crippen molar-refractivity contribution in [2.75, 3.05) is 13.1 Å². The molecule has 1 aromatic rings. The van der Waals surface area contributed by atoms with Crippen molar-refractivity contribution in [3.63, 3.8) is 0 Å². The van der Waals surface area contributed by atoms with Gasteiger partial charge in [-0.3, -0.25) is 4.90 Å². The Hall–Kier alpha value is -1.40. The largest absolute Gasteiger partial charge is 0.326 e. The summed E-state index contributed by atoms with van der Waals surface area (Å²) in [7, 11) is 0. The van der Waals surface area contributed by atoms with Gasteiger partial charge >= 0.3 is 0 Å². The van der Waals surface area contributed by atoms with Crippen LogP contribution in [0.4, 0.5) is 0 Å². The topological polar surface area (TPSA) is 76.8 Å². The second-order valence-electron chi connectivity index (χ2n) is 4.29. The molecule has 19 heavy (non-hydrogen) atoms. The number of halogens is 1. The Kier molecular flexibility index (Phi) is 6.52. The molecule has 1 rings (SSSR count). The van der Waals surface area contributed by atoms with Gasteiger partial charge in [0.2, 0.25) is 0 Å². The maximum absolute atomic E-state index is 8.92. The highest BCUT2D eigenvalue weighted by Crippen LogP contribution is 2.26. The molecule has 0 spiro atoms. The van der Waals surface area contributed by atoms with Crippen LogP contribution in [0, 0.1) is 22.7 Å². The fourth-order valence-electron chi connectivity index (χ4n) is 2.08. The molecule has 0 saturated heterocycles. The van der Waals surface area contributed by atoms with Gasteiger partial charge in [-0.2, -0.15) is 10.5 Å². The zero-order chi connectivity index (χ0) is 14.3. The van der Waals surface area contributed by atoms with Crippen molar-refractivity contribution in [2.24, 2.45) is 5.73 Å². The molecule has 1 aromatic carbocycles. The molecule has 0 aliphatic carbocycles. The van der Waals surface area contributed by atoms with Crippen LogP contribution in [0.15, 0.2) is 28.7 Å². The van der Waals surface area contributed by atoms with Crippen LogP contribution in [0.3, 0.4) is 0 Å². The molecule has 2 unspecified atom stereocenters. The van der Waals surface area contributed by atoms with Gasteiger partial charge in [0.15, 0.2) is 0 Å². The summed E-state index contributed by atoms with van der Waals surface area (Å²) in [5, 5.41) is 17.8. The third-order valence-electron chi connectivity index (χ3n) is 3.01. The van der Waals surface area contributed by atoms with Gasteiger partial charge in [0.25, 0.3) is 0 Å². The van der Waals surface area contributed by atoms with Gasteiger partial charge < -0.3 is 5.73 Å². The van der Waals surface area contributed by atoms with E-state index in [1.54, 1.807) is 0 Å². The van der Waals surface area contributed by atoms with Crippen molar-refractivity contribution in [1.29, 1.82) is 10.5 Å². The Balaban J connectivity index is 3.13. The van der Waals surface area contributed by atoms with Gasteiger partial charge in [0.1, 0.15) is 0 Å². The van der Waals surface area contributed by atoms with Crippen LogP contribution in [0.1, 0.15) is 24.9 Å². The quantitative estimate of drug-likeness (QED) is 0.817. The van der Waals surface area contributed by atoms with Gasteiger partial charge in [-0.15, -0.1) is 0 Å². The van der Waals surface area contributed by atoms with Crippen molar-refractivity contribution in [2.45, 2.75) is 25.4 Å². The van der Waals surface area contributed by atoms with Gasteiger partial charge in [0, 0.05) is 10.5 Å². The second kappa shape index (κ2) is 7.91. The fraction of sp³-hybridized carbons (Fsp3) is 0.429. The molecule has 0 heterocycles. The summed E-state index contributed by atoms with van der Waals surface area (Å²) in [5.41, 5.74) is 7.21. The van der Waals surface area contributed by atoms with Gasteiger partial charge in [-0.05, 0) is 24.1 Å². The van der Waals surface area contributed by atoms with E-state index in [-0.39, 0.29) is 25.2 Å². The van der Waals surface area contributed by atoms with E-state index in [2.05, 4.69) is 28.1 Å². The van der Waals surface area contributed by atoms with Gasteiger partial charge in [0.05, 0.1) is 31.3 Å². The molecule has 4 nitrogen and oxygen atoms in total. The van der Waals surface area contributed by atoms with E-state index in [9.17, 15) is 0 Å². The number of benzene rings is 1. The average molecular weight is 321 g/mol. The lowest BCUT2D eigenvalue weighted by Crippen LogP contribution is -2.41. The van der Waals surface area contributed by atoms with Crippen molar-refractivity contribution in [3.8, 4) is 12.1 Å². The first-order chi connectivity index (χ1) is 9.13. The Morgan fingerprint density at radius 3 is 2.42 bits per heavy atom. The summed E-state index contributed by atoms with van der Waals surface area (Å²) in [6.45, 7) is 2.39. The SMILES string of the molecule is CCC(N)C(c1cccc(Br)c1)N(CC#N)CC#N. The van der Waals surface area contributed by atoms with Crippen LogP contribution in [0.2, 0.25) is 0 Å². The lowest BCUT2D eigenvalue weighted by Gasteiger charge is -2.32. The number of nitrogens with two attached hydrogens (primary N) is 1. The predicted octanol–water partition coefficient (Wildman–Crippen LogP) is 2.58. The predicted molar refractivity (Wildman–Crippen MR) is 77.9 cm³/mol. The maximum Gasteiger partial charge on any atom is 0.0879 e. The first-order valence-corrected chi connectivity index (χ1v) is 6.92. The third-order valence-corrected chi connectivity index (χ3v) is 3.50.